The average Bonchev–Trinajstić information content (AvgIpc) is 2.14. The van der Waals surface area contributed by atoms with Crippen molar-refractivity contribution in [2.45, 2.75) is 13.3 Å². The minimum absolute atomic E-state index is 0.177. The van der Waals surface area contributed by atoms with Crippen molar-refractivity contribution < 1.29 is 4.39 Å². The zero-order chi connectivity index (χ0) is 9.68. The summed E-state index contributed by atoms with van der Waals surface area (Å²) in [6, 6.07) is 6.67. The summed E-state index contributed by atoms with van der Waals surface area (Å²) in [6.07, 6.45) is 3.08. The summed E-state index contributed by atoms with van der Waals surface area (Å²) < 4.78 is 12.8. The Balaban J connectivity index is 2.82. The quantitative estimate of drug-likeness (QED) is 0.703. The molecule has 0 N–H and O–H groups in total. The fraction of sp³-hybridized carbons (Fsp3) is 0.273. The van der Waals surface area contributed by atoms with E-state index < -0.39 is 0 Å². The molecule has 0 aromatic heterocycles. The lowest BCUT2D eigenvalue weighted by Gasteiger charge is -2.00. The van der Waals surface area contributed by atoms with Gasteiger partial charge in [0.1, 0.15) is 5.82 Å². The Morgan fingerprint density at radius 2 is 2.31 bits per heavy atom. The zero-order valence-electron chi connectivity index (χ0n) is 7.56. The summed E-state index contributed by atoms with van der Waals surface area (Å²) in [4.78, 5) is 0. The fourth-order valence-corrected chi connectivity index (χ4v) is 1.35. The number of rotatable bonds is 3. The largest absolute Gasteiger partial charge is 0.207 e. The molecule has 0 aliphatic carbocycles. The van der Waals surface area contributed by atoms with Crippen LogP contribution < -0.4 is 0 Å². The van der Waals surface area contributed by atoms with Gasteiger partial charge < -0.3 is 0 Å². The number of alkyl halides is 1. The number of benzene rings is 1. The van der Waals surface area contributed by atoms with E-state index in [1.165, 1.54) is 6.07 Å². The molecule has 0 nitrogen and oxygen atoms in total. The van der Waals surface area contributed by atoms with Gasteiger partial charge in [-0.05, 0) is 36.6 Å². The lowest BCUT2D eigenvalue weighted by atomic mass is 10.1. The maximum absolute atomic E-state index is 12.8. The van der Waals surface area contributed by atoms with Crippen LogP contribution >= 0.6 is 15.9 Å². The summed E-state index contributed by atoms with van der Waals surface area (Å²) in [5.41, 5.74) is 2.08. The molecule has 0 aliphatic rings. The summed E-state index contributed by atoms with van der Waals surface area (Å²) in [5, 5.41) is 0.944. The number of allylic oxidation sites excluding steroid dienone is 2. The van der Waals surface area contributed by atoms with Gasteiger partial charge in [-0.3, -0.25) is 0 Å². The molecule has 0 atom stereocenters. The molecule has 1 aromatic carbocycles. The van der Waals surface area contributed by atoms with Gasteiger partial charge in [0.15, 0.2) is 0 Å². The van der Waals surface area contributed by atoms with Crippen LogP contribution in [0.3, 0.4) is 0 Å². The van der Waals surface area contributed by atoms with E-state index in [9.17, 15) is 4.39 Å². The van der Waals surface area contributed by atoms with Gasteiger partial charge in [-0.1, -0.05) is 34.1 Å². The molecule has 13 heavy (non-hydrogen) atoms. The highest BCUT2D eigenvalue weighted by Gasteiger charge is 1.96. The Morgan fingerprint density at radius 1 is 1.54 bits per heavy atom. The second-order valence-corrected chi connectivity index (χ2v) is 3.67. The summed E-state index contributed by atoms with van der Waals surface area (Å²) in [6.45, 7) is 2.00. The minimum Gasteiger partial charge on any atom is -0.207 e. The van der Waals surface area contributed by atoms with Crippen LogP contribution in [0.4, 0.5) is 4.39 Å². The van der Waals surface area contributed by atoms with E-state index in [1.807, 2.05) is 13.0 Å². The molecule has 0 heterocycles. The first-order valence-electron chi connectivity index (χ1n) is 4.22. The van der Waals surface area contributed by atoms with Crippen molar-refractivity contribution in [3.05, 3.63) is 41.7 Å². The van der Waals surface area contributed by atoms with Gasteiger partial charge in [0.2, 0.25) is 0 Å². The monoisotopic (exact) mass is 242 g/mol. The first kappa shape index (κ1) is 10.5. The molecule has 0 aliphatic heterocycles. The third kappa shape index (κ3) is 3.31. The molecule has 2 heteroatoms. The summed E-state index contributed by atoms with van der Waals surface area (Å²) in [5.74, 6) is -0.177. The van der Waals surface area contributed by atoms with E-state index in [0.29, 0.717) is 0 Å². The molecule has 0 fully saturated rings. The van der Waals surface area contributed by atoms with E-state index in [0.717, 1.165) is 22.9 Å². The molecule has 0 amide bonds. The van der Waals surface area contributed by atoms with Crippen molar-refractivity contribution in [2.24, 2.45) is 0 Å². The molecule has 1 rings (SSSR count). The van der Waals surface area contributed by atoms with E-state index in [1.54, 1.807) is 12.1 Å². The standard InChI is InChI=1S/C11H12BrF/c1-9(4-3-7-12)10-5-2-6-11(13)8-10/h2,4-6,8H,3,7H2,1H3/b9-4+. The highest BCUT2D eigenvalue weighted by molar-refractivity contribution is 9.09. The van der Waals surface area contributed by atoms with Gasteiger partial charge >= 0.3 is 0 Å². The van der Waals surface area contributed by atoms with Crippen molar-refractivity contribution in [2.75, 3.05) is 5.33 Å². The summed E-state index contributed by atoms with van der Waals surface area (Å²) in [7, 11) is 0. The average molecular weight is 243 g/mol. The topological polar surface area (TPSA) is 0 Å². The predicted octanol–water partition coefficient (Wildman–Crippen LogP) is 4.01. The normalized spacial score (nSPS) is 11.8. The van der Waals surface area contributed by atoms with Crippen LogP contribution in [0, 0.1) is 5.82 Å². The van der Waals surface area contributed by atoms with Gasteiger partial charge in [-0.2, -0.15) is 0 Å². The predicted molar refractivity (Wildman–Crippen MR) is 58.5 cm³/mol. The second-order valence-electron chi connectivity index (χ2n) is 2.88. The van der Waals surface area contributed by atoms with Crippen LogP contribution in [-0.2, 0) is 0 Å². The molecule has 1 aromatic rings. The molecule has 0 saturated heterocycles. The molecule has 70 valence electrons. The van der Waals surface area contributed by atoms with Crippen molar-refractivity contribution in [3.8, 4) is 0 Å². The molecule has 0 saturated carbocycles. The van der Waals surface area contributed by atoms with E-state index >= 15 is 0 Å². The second kappa shape index (κ2) is 5.18. The highest BCUT2D eigenvalue weighted by Crippen LogP contribution is 2.15. The lowest BCUT2D eigenvalue weighted by Crippen LogP contribution is -1.82. The third-order valence-electron chi connectivity index (χ3n) is 1.84. The summed E-state index contributed by atoms with van der Waals surface area (Å²) >= 11 is 3.35. The molecular formula is C11H12BrF. The Labute approximate surface area is 86.6 Å². The molecule has 0 unspecified atom stereocenters. The zero-order valence-corrected chi connectivity index (χ0v) is 9.14. The van der Waals surface area contributed by atoms with Gasteiger partial charge in [-0.25, -0.2) is 4.39 Å². The smallest absolute Gasteiger partial charge is 0.123 e. The van der Waals surface area contributed by atoms with Crippen molar-refractivity contribution in [1.29, 1.82) is 0 Å². The number of halogens is 2. The van der Waals surface area contributed by atoms with E-state index in [-0.39, 0.29) is 5.82 Å². The first-order valence-corrected chi connectivity index (χ1v) is 5.35. The highest BCUT2D eigenvalue weighted by atomic mass is 79.9. The van der Waals surface area contributed by atoms with Gasteiger partial charge in [0.05, 0.1) is 0 Å². The van der Waals surface area contributed by atoms with Crippen LogP contribution in [-0.4, -0.2) is 5.33 Å². The van der Waals surface area contributed by atoms with Crippen molar-refractivity contribution in [3.63, 3.8) is 0 Å². The lowest BCUT2D eigenvalue weighted by molar-refractivity contribution is 0.627. The van der Waals surface area contributed by atoms with Gasteiger partial charge in [0, 0.05) is 5.33 Å². The Morgan fingerprint density at radius 3 is 2.92 bits per heavy atom. The van der Waals surface area contributed by atoms with Gasteiger partial charge in [0.25, 0.3) is 0 Å². The fourth-order valence-electron chi connectivity index (χ4n) is 1.12. The molecule has 0 radical (unpaired) electrons. The SMILES string of the molecule is C/C(=C\CCBr)c1cccc(F)c1. The van der Waals surface area contributed by atoms with Crippen molar-refractivity contribution >= 4 is 21.5 Å². The van der Waals surface area contributed by atoms with E-state index in [4.69, 9.17) is 0 Å². The minimum atomic E-state index is -0.177. The molecular weight excluding hydrogens is 231 g/mol. The van der Waals surface area contributed by atoms with Crippen LogP contribution in [0.1, 0.15) is 18.9 Å². The number of hydrogen-bond acceptors (Lipinski definition) is 0. The van der Waals surface area contributed by atoms with Crippen LogP contribution in [0.2, 0.25) is 0 Å². The van der Waals surface area contributed by atoms with Gasteiger partial charge in [-0.15, -0.1) is 0 Å². The van der Waals surface area contributed by atoms with Crippen LogP contribution in [0.5, 0.6) is 0 Å². The Hall–Kier alpha value is -0.630. The first-order chi connectivity index (χ1) is 6.24. The molecule has 0 spiro atoms. The Kier molecular flexibility index (Phi) is 4.16. The van der Waals surface area contributed by atoms with E-state index in [2.05, 4.69) is 22.0 Å². The maximum atomic E-state index is 12.8. The van der Waals surface area contributed by atoms with Crippen molar-refractivity contribution in [1.82, 2.24) is 0 Å². The number of hydrogen-bond donors (Lipinski definition) is 0. The molecule has 0 bridgehead atoms. The van der Waals surface area contributed by atoms with Crippen LogP contribution in [0.15, 0.2) is 30.3 Å². The van der Waals surface area contributed by atoms with Crippen LogP contribution in [0.25, 0.3) is 5.57 Å². The maximum Gasteiger partial charge on any atom is 0.123 e. The Bertz CT molecular complexity index is 305. The third-order valence-corrected chi connectivity index (χ3v) is 2.30.